The van der Waals surface area contributed by atoms with Crippen LogP contribution in [-0.2, 0) is 6.42 Å². The summed E-state index contributed by atoms with van der Waals surface area (Å²) in [6.45, 7) is 5.30. The minimum Gasteiger partial charge on any atom is -0.496 e. The van der Waals surface area contributed by atoms with Gasteiger partial charge in [-0.15, -0.1) is 0 Å². The van der Waals surface area contributed by atoms with E-state index in [1.165, 1.54) is 5.56 Å². The van der Waals surface area contributed by atoms with Crippen molar-refractivity contribution >= 4 is 0 Å². The summed E-state index contributed by atoms with van der Waals surface area (Å²) in [5.41, 5.74) is 2.32. The van der Waals surface area contributed by atoms with Gasteiger partial charge in [0.1, 0.15) is 11.5 Å². The maximum atomic E-state index is 5.57. The second-order valence-electron chi connectivity index (χ2n) is 5.20. The van der Waals surface area contributed by atoms with E-state index in [2.05, 4.69) is 23.3 Å². The van der Waals surface area contributed by atoms with Gasteiger partial charge in [0.05, 0.1) is 14.2 Å². The number of nitrogens with one attached hydrogen (secondary N) is 1. The first kappa shape index (κ1) is 14.2. The summed E-state index contributed by atoms with van der Waals surface area (Å²) in [5.74, 6) is 1.84. The van der Waals surface area contributed by atoms with Gasteiger partial charge in [-0.25, -0.2) is 0 Å². The summed E-state index contributed by atoms with van der Waals surface area (Å²) in [7, 11) is 5.59. The average molecular weight is 264 g/mol. The number of methoxy groups -OCH3 is 2. The highest BCUT2D eigenvalue weighted by Crippen LogP contribution is 2.32. The van der Waals surface area contributed by atoms with Gasteiger partial charge < -0.3 is 19.7 Å². The molecule has 106 valence electrons. The summed E-state index contributed by atoms with van der Waals surface area (Å²) in [6.07, 6.45) is 0.984. The van der Waals surface area contributed by atoms with Crippen molar-refractivity contribution in [3.05, 3.63) is 23.3 Å². The van der Waals surface area contributed by atoms with E-state index in [-0.39, 0.29) is 0 Å². The molecular weight excluding hydrogens is 240 g/mol. The Hall–Kier alpha value is -1.26. The average Bonchev–Trinajstić information content (AvgIpc) is 2.39. The number of nitrogens with zero attached hydrogens (tertiary/aromatic N) is 1. The number of hydrogen-bond acceptors (Lipinski definition) is 4. The molecule has 1 unspecified atom stereocenters. The van der Waals surface area contributed by atoms with Crippen LogP contribution in [0.5, 0.6) is 11.5 Å². The molecule has 1 fully saturated rings. The Kier molecular flexibility index (Phi) is 4.66. The Labute approximate surface area is 115 Å². The fourth-order valence-corrected chi connectivity index (χ4v) is 2.79. The van der Waals surface area contributed by atoms with E-state index in [1.54, 1.807) is 14.2 Å². The molecule has 1 aromatic rings. The molecule has 4 heteroatoms. The molecule has 1 atom stereocenters. The zero-order chi connectivity index (χ0) is 13.8. The predicted molar refractivity (Wildman–Crippen MR) is 77.3 cm³/mol. The third-order valence-electron chi connectivity index (χ3n) is 3.79. The number of likely N-dealkylation sites (N-methyl/N-ethyl adjacent to an activating group) is 1. The zero-order valence-corrected chi connectivity index (χ0v) is 12.3. The number of rotatable bonds is 4. The highest BCUT2D eigenvalue weighted by Gasteiger charge is 2.19. The van der Waals surface area contributed by atoms with E-state index in [9.17, 15) is 0 Å². The second kappa shape index (κ2) is 6.26. The van der Waals surface area contributed by atoms with E-state index in [1.807, 2.05) is 13.0 Å². The maximum absolute atomic E-state index is 5.57. The van der Waals surface area contributed by atoms with Gasteiger partial charge in [-0.1, -0.05) is 6.07 Å². The third-order valence-corrected chi connectivity index (χ3v) is 3.79. The summed E-state index contributed by atoms with van der Waals surface area (Å²) < 4.78 is 10.9. The number of hydrogen-bond donors (Lipinski definition) is 1. The minimum absolute atomic E-state index is 0.487. The third kappa shape index (κ3) is 3.19. The van der Waals surface area contributed by atoms with Crippen LogP contribution in [0.4, 0.5) is 0 Å². The highest BCUT2D eigenvalue weighted by atomic mass is 16.5. The zero-order valence-electron chi connectivity index (χ0n) is 12.3. The largest absolute Gasteiger partial charge is 0.496 e. The Bertz CT molecular complexity index is 434. The number of piperazine rings is 1. The Morgan fingerprint density at radius 2 is 2.11 bits per heavy atom. The summed E-state index contributed by atoms with van der Waals surface area (Å²) in [5, 5.41) is 3.57. The van der Waals surface area contributed by atoms with Crippen LogP contribution in [0.1, 0.15) is 11.1 Å². The Morgan fingerprint density at radius 3 is 2.74 bits per heavy atom. The van der Waals surface area contributed by atoms with Gasteiger partial charge in [0.25, 0.3) is 0 Å². The van der Waals surface area contributed by atoms with Gasteiger partial charge >= 0.3 is 0 Å². The van der Waals surface area contributed by atoms with Gasteiger partial charge in [0.15, 0.2) is 0 Å². The molecule has 1 heterocycles. The fraction of sp³-hybridized carbons (Fsp3) is 0.600. The Balaban J connectivity index is 2.17. The molecule has 0 spiro atoms. The molecule has 2 rings (SSSR count). The molecule has 19 heavy (non-hydrogen) atoms. The van der Waals surface area contributed by atoms with Gasteiger partial charge in [0.2, 0.25) is 0 Å². The molecule has 0 radical (unpaired) electrons. The predicted octanol–water partition coefficient (Wildman–Crippen LogP) is 1.46. The molecule has 0 aliphatic carbocycles. The molecule has 4 nitrogen and oxygen atoms in total. The maximum Gasteiger partial charge on any atom is 0.128 e. The smallest absolute Gasteiger partial charge is 0.128 e. The van der Waals surface area contributed by atoms with E-state index < -0.39 is 0 Å². The normalized spacial score (nSPS) is 20.3. The molecule has 1 aliphatic rings. The van der Waals surface area contributed by atoms with E-state index >= 15 is 0 Å². The van der Waals surface area contributed by atoms with Gasteiger partial charge in [0, 0.05) is 31.2 Å². The summed E-state index contributed by atoms with van der Waals surface area (Å²) in [6, 6.07) is 4.63. The first-order valence-electron chi connectivity index (χ1n) is 6.78. The van der Waals surface area contributed by atoms with Gasteiger partial charge in [-0.2, -0.15) is 0 Å². The van der Waals surface area contributed by atoms with Gasteiger partial charge in [-0.3, -0.25) is 0 Å². The fourth-order valence-electron chi connectivity index (χ4n) is 2.79. The molecule has 1 aromatic carbocycles. The molecule has 1 N–H and O–H groups in total. The van der Waals surface area contributed by atoms with E-state index in [0.29, 0.717) is 6.04 Å². The first-order valence-corrected chi connectivity index (χ1v) is 6.78. The lowest BCUT2D eigenvalue weighted by molar-refractivity contribution is 0.237. The van der Waals surface area contributed by atoms with Crippen LogP contribution in [0.3, 0.4) is 0 Å². The van der Waals surface area contributed by atoms with Crippen molar-refractivity contribution in [1.82, 2.24) is 10.2 Å². The SMILES string of the molecule is COc1ccc(CC2CN(C)CCN2)c(OC)c1C. The van der Waals surface area contributed by atoms with Crippen LogP contribution in [0.25, 0.3) is 0 Å². The summed E-state index contributed by atoms with van der Waals surface area (Å²) >= 11 is 0. The lowest BCUT2D eigenvalue weighted by atomic mass is 10.00. The summed E-state index contributed by atoms with van der Waals surface area (Å²) in [4.78, 5) is 2.37. The van der Waals surface area contributed by atoms with Crippen molar-refractivity contribution in [3.8, 4) is 11.5 Å². The molecule has 1 saturated heterocycles. The number of ether oxygens (including phenoxy) is 2. The van der Waals surface area contributed by atoms with Crippen molar-refractivity contribution in [2.75, 3.05) is 40.9 Å². The lowest BCUT2D eigenvalue weighted by Gasteiger charge is -2.31. The van der Waals surface area contributed by atoms with Crippen LogP contribution in [0.2, 0.25) is 0 Å². The van der Waals surface area contributed by atoms with Crippen LogP contribution in [0.15, 0.2) is 12.1 Å². The van der Waals surface area contributed by atoms with Crippen LogP contribution >= 0.6 is 0 Å². The van der Waals surface area contributed by atoms with Crippen molar-refractivity contribution in [2.45, 2.75) is 19.4 Å². The Morgan fingerprint density at radius 1 is 1.32 bits per heavy atom. The topological polar surface area (TPSA) is 33.7 Å². The monoisotopic (exact) mass is 264 g/mol. The first-order chi connectivity index (χ1) is 9.15. The highest BCUT2D eigenvalue weighted by molar-refractivity contribution is 5.49. The van der Waals surface area contributed by atoms with E-state index in [4.69, 9.17) is 9.47 Å². The quantitative estimate of drug-likeness (QED) is 0.892. The molecule has 1 aliphatic heterocycles. The molecule has 0 bridgehead atoms. The molecule has 0 saturated carbocycles. The minimum atomic E-state index is 0.487. The molecular formula is C15H24N2O2. The van der Waals surface area contributed by atoms with Crippen molar-refractivity contribution in [1.29, 1.82) is 0 Å². The molecule has 0 aromatic heterocycles. The van der Waals surface area contributed by atoms with Crippen molar-refractivity contribution in [3.63, 3.8) is 0 Å². The van der Waals surface area contributed by atoms with E-state index in [0.717, 1.165) is 43.1 Å². The van der Waals surface area contributed by atoms with Crippen molar-refractivity contribution < 1.29 is 9.47 Å². The van der Waals surface area contributed by atoms with Crippen molar-refractivity contribution in [2.24, 2.45) is 0 Å². The number of benzene rings is 1. The molecule has 0 amide bonds. The van der Waals surface area contributed by atoms with Gasteiger partial charge in [-0.05, 0) is 32.0 Å². The van der Waals surface area contributed by atoms with Crippen LogP contribution < -0.4 is 14.8 Å². The second-order valence-corrected chi connectivity index (χ2v) is 5.20. The lowest BCUT2D eigenvalue weighted by Crippen LogP contribution is -2.49. The van der Waals surface area contributed by atoms with Crippen LogP contribution in [0, 0.1) is 6.92 Å². The standard InChI is InChI=1S/C15H24N2O2/c1-11-14(18-3)6-5-12(15(11)19-4)9-13-10-17(2)8-7-16-13/h5-6,13,16H,7-10H2,1-4H3. The van der Waals surface area contributed by atoms with Crippen LogP contribution in [-0.4, -0.2) is 51.8 Å².